The van der Waals surface area contributed by atoms with Gasteiger partial charge < -0.3 is 29.9 Å². The Kier molecular flexibility index (Phi) is 5.27. The van der Waals surface area contributed by atoms with Gasteiger partial charge in [-0.15, -0.1) is 0 Å². The van der Waals surface area contributed by atoms with Gasteiger partial charge in [0.1, 0.15) is 24.4 Å². The Bertz CT molecular complexity index is 190. The molecule has 0 spiro atoms. The first kappa shape index (κ1) is 13.2. The molecule has 1 aliphatic heterocycles. The molecule has 1 fully saturated rings. The summed E-state index contributed by atoms with van der Waals surface area (Å²) in [5.74, 6) is 0.440. The fourth-order valence-electron chi connectivity index (χ4n) is 1.37. The summed E-state index contributed by atoms with van der Waals surface area (Å²) in [7, 11) is 0. The average molecular weight is 240 g/mol. The number of rotatable bonds is 4. The maximum absolute atomic E-state index is 9.48. The third-order valence-corrected chi connectivity index (χ3v) is 2.40. The molecule has 0 aromatic heterocycles. The summed E-state index contributed by atoms with van der Waals surface area (Å²) >= 11 is 3.91. The second-order valence-electron chi connectivity index (χ2n) is 3.29. The minimum absolute atomic E-state index is 0.242. The van der Waals surface area contributed by atoms with Gasteiger partial charge in [0.15, 0.2) is 6.29 Å². The van der Waals surface area contributed by atoms with Gasteiger partial charge in [-0.25, -0.2) is 0 Å². The zero-order chi connectivity index (χ0) is 11.4. The molecule has 1 aliphatic rings. The van der Waals surface area contributed by atoms with Crippen LogP contribution in [-0.2, 0) is 9.47 Å². The molecule has 6 nitrogen and oxygen atoms in total. The lowest BCUT2D eigenvalue weighted by Gasteiger charge is -2.39. The summed E-state index contributed by atoms with van der Waals surface area (Å²) in [5.41, 5.74) is 0. The lowest BCUT2D eigenvalue weighted by molar-refractivity contribution is -0.299. The van der Waals surface area contributed by atoms with Crippen molar-refractivity contribution >= 4 is 12.6 Å². The third kappa shape index (κ3) is 3.04. The fourth-order valence-corrected chi connectivity index (χ4v) is 1.48. The van der Waals surface area contributed by atoms with Crippen LogP contribution in [0.25, 0.3) is 0 Å². The second kappa shape index (κ2) is 6.00. The molecule has 0 aromatic rings. The normalized spacial score (nSPS) is 41.8. The molecule has 0 aliphatic carbocycles. The monoisotopic (exact) mass is 240 g/mol. The number of thiol groups is 1. The van der Waals surface area contributed by atoms with E-state index < -0.39 is 37.3 Å². The Labute approximate surface area is 92.8 Å². The van der Waals surface area contributed by atoms with Gasteiger partial charge in [-0.1, -0.05) is 0 Å². The Morgan fingerprint density at radius 2 is 1.80 bits per heavy atom. The predicted molar refractivity (Wildman–Crippen MR) is 53.6 cm³/mol. The smallest absolute Gasteiger partial charge is 0.186 e. The molecule has 1 heterocycles. The quantitative estimate of drug-likeness (QED) is 0.355. The number of ether oxygens (including phenoxy) is 2. The van der Waals surface area contributed by atoms with Crippen molar-refractivity contribution in [2.24, 2.45) is 0 Å². The highest BCUT2D eigenvalue weighted by Crippen LogP contribution is 2.21. The SMILES string of the molecule is OCC1O[C@@H](OCCS)[C@@H](O)C(O)C1O. The first-order valence-electron chi connectivity index (χ1n) is 4.64. The number of aliphatic hydroxyl groups excluding tert-OH is 4. The van der Waals surface area contributed by atoms with Crippen molar-refractivity contribution in [2.75, 3.05) is 19.0 Å². The standard InChI is InChI=1S/C8H16O6S/c9-3-4-5(10)6(11)7(12)8(14-4)13-1-2-15/h4-12,15H,1-3H2/t4?,5?,6?,7-,8+/m0/s1. The molecule has 0 bridgehead atoms. The van der Waals surface area contributed by atoms with Crippen LogP contribution < -0.4 is 0 Å². The van der Waals surface area contributed by atoms with Gasteiger partial charge in [0.05, 0.1) is 13.2 Å². The van der Waals surface area contributed by atoms with Crippen LogP contribution in [-0.4, -0.2) is 70.1 Å². The van der Waals surface area contributed by atoms with E-state index in [0.29, 0.717) is 5.75 Å². The summed E-state index contributed by atoms with van der Waals surface area (Å²) in [6.45, 7) is -0.211. The van der Waals surface area contributed by atoms with Crippen LogP contribution in [0.1, 0.15) is 0 Å². The highest BCUT2D eigenvalue weighted by molar-refractivity contribution is 7.80. The minimum atomic E-state index is -1.39. The van der Waals surface area contributed by atoms with E-state index in [0.717, 1.165) is 0 Å². The Morgan fingerprint density at radius 3 is 2.33 bits per heavy atom. The van der Waals surface area contributed by atoms with Gasteiger partial charge in [0.2, 0.25) is 0 Å². The maximum atomic E-state index is 9.48. The van der Waals surface area contributed by atoms with Gasteiger partial charge in [-0.05, 0) is 0 Å². The van der Waals surface area contributed by atoms with Crippen molar-refractivity contribution in [1.29, 1.82) is 0 Å². The number of hydrogen-bond acceptors (Lipinski definition) is 7. The van der Waals surface area contributed by atoms with Crippen molar-refractivity contribution in [3.05, 3.63) is 0 Å². The summed E-state index contributed by atoms with van der Waals surface area (Å²) < 4.78 is 10.1. The molecule has 0 saturated carbocycles. The van der Waals surface area contributed by atoms with Crippen LogP contribution in [0.5, 0.6) is 0 Å². The van der Waals surface area contributed by atoms with E-state index >= 15 is 0 Å². The molecule has 0 radical (unpaired) electrons. The summed E-state index contributed by atoms with van der Waals surface area (Å²) in [5, 5.41) is 37.2. The number of hydrogen-bond donors (Lipinski definition) is 5. The van der Waals surface area contributed by atoms with Crippen LogP contribution >= 0.6 is 12.6 Å². The molecule has 0 amide bonds. The Morgan fingerprint density at radius 1 is 1.13 bits per heavy atom. The Hall–Kier alpha value is 0.110. The van der Waals surface area contributed by atoms with Crippen LogP contribution in [0.4, 0.5) is 0 Å². The zero-order valence-corrected chi connectivity index (χ0v) is 8.96. The molecule has 5 atom stereocenters. The van der Waals surface area contributed by atoms with Crippen molar-refractivity contribution in [1.82, 2.24) is 0 Å². The van der Waals surface area contributed by atoms with Gasteiger partial charge in [-0.3, -0.25) is 0 Å². The molecule has 3 unspecified atom stereocenters. The van der Waals surface area contributed by atoms with E-state index in [1.165, 1.54) is 0 Å². The largest absolute Gasteiger partial charge is 0.394 e. The first-order chi connectivity index (χ1) is 7.11. The van der Waals surface area contributed by atoms with Gasteiger partial charge in [-0.2, -0.15) is 12.6 Å². The molecule has 15 heavy (non-hydrogen) atoms. The highest BCUT2D eigenvalue weighted by Gasteiger charge is 2.43. The summed E-state index contributed by atoms with van der Waals surface area (Å²) in [4.78, 5) is 0. The van der Waals surface area contributed by atoms with E-state index in [1.807, 2.05) is 0 Å². The molecule has 1 saturated heterocycles. The number of aliphatic hydroxyl groups is 4. The van der Waals surface area contributed by atoms with Gasteiger partial charge in [0, 0.05) is 5.75 Å². The average Bonchev–Trinajstić information content (AvgIpc) is 2.25. The maximum Gasteiger partial charge on any atom is 0.186 e. The minimum Gasteiger partial charge on any atom is -0.394 e. The highest BCUT2D eigenvalue weighted by atomic mass is 32.1. The van der Waals surface area contributed by atoms with E-state index in [1.54, 1.807) is 0 Å². The predicted octanol–water partition coefficient (Wildman–Crippen LogP) is -2.27. The van der Waals surface area contributed by atoms with E-state index in [4.69, 9.17) is 14.6 Å². The zero-order valence-electron chi connectivity index (χ0n) is 8.06. The lowest BCUT2D eigenvalue weighted by atomic mass is 9.99. The van der Waals surface area contributed by atoms with Crippen molar-refractivity contribution < 1.29 is 29.9 Å². The summed E-state index contributed by atoms with van der Waals surface area (Å²) in [6, 6.07) is 0. The summed E-state index contributed by atoms with van der Waals surface area (Å²) in [6.07, 6.45) is -6.04. The van der Waals surface area contributed by atoms with Crippen LogP contribution in [0.15, 0.2) is 0 Å². The molecule has 7 heteroatoms. The Balaban J connectivity index is 2.57. The van der Waals surface area contributed by atoms with Crippen LogP contribution in [0, 0.1) is 0 Å². The van der Waals surface area contributed by atoms with Gasteiger partial charge >= 0.3 is 0 Å². The fraction of sp³-hybridized carbons (Fsp3) is 1.00. The van der Waals surface area contributed by atoms with Crippen molar-refractivity contribution in [2.45, 2.75) is 30.7 Å². The molecule has 4 N–H and O–H groups in total. The van der Waals surface area contributed by atoms with E-state index in [2.05, 4.69) is 12.6 Å². The first-order valence-corrected chi connectivity index (χ1v) is 5.28. The second-order valence-corrected chi connectivity index (χ2v) is 3.74. The van der Waals surface area contributed by atoms with Crippen molar-refractivity contribution in [3.8, 4) is 0 Å². The molecular formula is C8H16O6S. The van der Waals surface area contributed by atoms with Crippen LogP contribution in [0.2, 0.25) is 0 Å². The molecule has 1 rings (SSSR count). The molecule has 0 aromatic carbocycles. The molecule has 90 valence electrons. The van der Waals surface area contributed by atoms with Crippen LogP contribution in [0.3, 0.4) is 0 Å². The topological polar surface area (TPSA) is 99.4 Å². The van der Waals surface area contributed by atoms with E-state index in [-0.39, 0.29) is 6.61 Å². The molecular weight excluding hydrogens is 224 g/mol. The van der Waals surface area contributed by atoms with E-state index in [9.17, 15) is 15.3 Å². The lowest BCUT2D eigenvalue weighted by Crippen LogP contribution is -2.59. The van der Waals surface area contributed by atoms with Crippen molar-refractivity contribution in [3.63, 3.8) is 0 Å². The van der Waals surface area contributed by atoms with Gasteiger partial charge in [0.25, 0.3) is 0 Å². The third-order valence-electron chi connectivity index (χ3n) is 2.22.